The molecule has 0 spiro atoms. The average Bonchev–Trinajstić information content (AvgIpc) is 1.99. The summed E-state index contributed by atoms with van der Waals surface area (Å²) >= 11 is 0. The van der Waals surface area contributed by atoms with Gasteiger partial charge in [-0.1, -0.05) is 19.9 Å². The van der Waals surface area contributed by atoms with Crippen molar-refractivity contribution in [2.75, 3.05) is 0 Å². The number of rotatable bonds is 3. The largest absolute Gasteiger partial charge is 0.236 e. The Morgan fingerprint density at radius 2 is 2.00 bits per heavy atom. The Bertz CT molecular complexity index is 454. The van der Waals surface area contributed by atoms with E-state index in [2.05, 4.69) is 0 Å². The Morgan fingerprint density at radius 3 is 2.47 bits per heavy atom. The Kier molecular flexibility index (Phi) is 3.73. The summed E-state index contributed by atoms with van der Waals surface area (Å²) in [7, 11) is 1.50. The van der Waals surface area contributed by atoms with Crippen LogP contribution >= 0.6 is 10.7 Å². The van der Waals surface area contributed by atoms with Crippen LogP contribution in [0.3, 0.4) is 0 Å². The third-order valence-corrected chi connectivity index (χ3v) is 3.04. The second-order valence-corrected chi connectivity index (χ2v) is 6.46. The first kappa shape index (κ1) is 12.5. The Hall–Kier alpha value is -0.610. The number of benzene rings is 1. The normalized spacial score (nSPS) is 12.1. The van der Waals surface area contributed by atoms with E-state index in [-0.39, 0.29) is 11.7 Å². The first-order valence-corrected chi connectivity index (χ1v) is 6.98. The van der Waals surface area contributed by atoms with Gasteiger partial charge in [0.05, 0.1) is 5.75 Å². The lowest BCUT2D eigenvalue weighted by Crippen LogP contribution is -2.02. The molecule has 0 aromatic heterocycles. The van der Waals surface area contributed by atoms with Gasteiger partial charge in [-0.3, -0.25) is 0 Å². The molecule has 0 saturated heterocycles. The lowest BCUT2D eigenvalue weighted by molar-refractivity contribution is 0.607. The summed E-state index contributed by atoms with van der Waals surface area (Å²) in [4.78, 5) is 0. The fraction of sp³-hybridized carbons (Fsp3) is 0.400. The van der Waals surface area contributed by atoms with E-state index in [1.54, 1.807) is 6.07 Å². The van der Waals surface area contributed by atoms with Gasteiger partial charge in [0.25, 0.3) is 0 Å². The Morgan fingerprint density at radius 1 is 1.40 bits per heavy atom. The zero-order valence-electron chi connectivity index (χ0n) is 8.50. The van der Waals surface area contributed by atoms with Crippen molar-refractivity contribution in [1.82, 2.24) is 0 Å². The van der Waals surface area contributed by atoms with Gasteiger partial charge in [0.2, 0.25) is 9.05 Å². The predicted octanol–water partition coefficient (Wildman–Crippen LogP) is 3.02. The van der Waals surface area contributed by atoms with Gasteiger partial charge in [-0.2, -0.15) is 0 Å². The first-order chi connectivity index (χ1) is 6.79. The zero-order chi connectivity index (χ0) is 11.6. The van der Waals surface area contributed by atoms with E-state index in [1.807, 2.05) is 13.8 Å². The molecule has 5 heteroatoms. The topological polar surface area (TPSA) is 34.1 Å². The molecule has 1 rings (SSSR count). The van der Waals surface area contributed by atoms with Crippen LogP contribution in [0.25, 0.3) is 0 Å². The molecule has 0 aliphatic carbocycles. The number of hydrogen-bond acceptors (Lipinski definition) is 2. The second kappa shape index (κ2) is 4.49. The van der Waals surface area contributed by atoms with Gasteiger partial charge >= 0.3 is 0 Å². The highest BCUT2D eigenvalue weighted by Gasteiger charge is 2.14. The average molecular weight is 251 g/mol. The van der Waals surface area contributed by atoms with Crippen LogP contribution in [-0.4, -0.2) is 8.42 Å². The maximum atomic E-state index is 12.9. The van der Waals surface area contributed by atoms with Gasteiger partial charge in [-0.15, -0.1) is 0 Å². The van der Waals surface area contributed by atoms with Crippen molar-refractivity contribution in [3.63, 3.8) is 0 Å². The SMILES string of the molecule is CC(C)c1ccc(F)cc1CS(=O)(=O)Cl. The summed E-state index contributed by atoms with van der Waals surface area (Å²) in [6, 6.07) is 4.13. The smallest absolute Gasteiger partial charge is 0.212 e. The van der Waals surface area contributed by atoms with E-state index in [1.165, 1.54) is 12.1 Å². The molecule has 0 fully saturated rings. The van der Waals surface area contributed by atoms with Crippen molar-refractivity contribution >= 4 is 19.7 Å². The maximum Gasteiger partial charge on any atom is 0.236 e. The van der Waals surface area contributed by atoms with Crippen molar-refractivity contribution < 1.29 is 12.8 Å². The molecule has 1 aromatic rings. The fourth-order valence-electron chi connectivity index (χ4n) is 1.45. The van der Waals surface area contributed by atoms with Gasteiger partial charge in [-0.25, -0.2) is 12.8 Å². The van der Waals surface area contributed by atoms with E-state index in [9.17, 15) is 12.8 Å². The Labute approximate surface area is 93.5 Å². The number of hydrogen-bond donors (Lipinski definition) is 0. The van der Waals surface area contributed by atoms with Crippen molar-refractivity contribution in [3.05, 3.63) is 35.1 Å². The molecule has 2 nitrogen and oxygen atoms in total. The number of halogens is 2. The standard InChI is InChI=1S/C10H12ClFO2S/c1-7(2)10-4-3-9(12)5-8(10)6-15(11,13)14/h3-5,7H,6H2,1-2H3. The molecule has 0 aliphatic rings. The minimum absolute atomic E-state index is 0.138. The lowest BCUT2D eigenvalue weighted by atomic mass is 9.98. The fourth-order valence-corrected chi connectivity index (χ4v) is 2.42. The van der Waals surface area contributed by atoms with E-state index in [0.29, 0.717) is 5.56 Å². The maximum absolute atomic E-state index is 12.9. The van der Waals surface area contributed by atoms with E-state index < -0.39 is 14.9 Å². The predicted molar refractivity (Wildman–Crippen MR) is 59.0 cm³/mol. The van der Waals surface area contributed by atoms with Gasteiger partial charge < -0.3 is 0 Å². The molecule has 0 aliphatic heterocycles. The van der Waals surface area contributed by atoms with Crippen LogP contribution in [0.1, 0.15) is 30.9 Å². The summed E-state index contributed by atoms with van der Waals surface area (Å²) in [5.74, 6) is -0.645. The molecule has 0 N–H and O–H groups in total. The molecule has 0 saturated carbocycles. The molecule has 0 heterocycles. The molecule has 84 valence electrons. The van der Waals surface area contributed by atoms with Gasteiger partial charge in [0.1, 0.15) is 5.82 Å². The summed E-state index contributed by atoms with van der Waals surface area (Å²) in [6.45, 7) is 3.83. The quantitative estimate of drug-likeness (QED) is 0.773. The molecule has 0 atom stereocenters. The second-order valence-electron chi connectivity index (χ2n) is 3.68. The third-order valence-electron chi connectivity index (χ3n) is 2.05. The summed E-state index contributed by atoms with van der Waals surface area (Å²) in [5, 5.41) is 0. The van der Waals surface area contributed by atoms with Gasteiger partial charge in [0.15, 0.2) is 0 Å². The minimum Gasteiger partial charge on any atom is -0.212 e. The van der Waals surface area contributed by atoms with Crippen LogP contribution < -0.4 is 0 Å². The van der Waals surface area contributed by atoms with Crippen LogP contribution in [0.5, 0.6) is 0 Å². The van der Waals surface area contributed by atoms with Gasteiger partial charge in [-0.05, 0) is 29.2 Å². The minimum atomic E-state index is -3.64. The first-order valence-electron chi connectivity index (χ1n) is 4.50. The van der Waals surface area contributed by atoms with E-state index in [4.69, 9.17) is 10.7 Å². The Balaban J connectivity index is 3.19. The summed E-state index contributed by atoms with van der Waals surface area (Å²) < 4.78 is 34.8. The molecule has 0 unspecified atom stereocenters. The van der Waals surface area contributed by atoms with Crippen molar-refractivity contribution in [3.8, 4) is 0 Å². The van der Waals surface area contributed by atoms with E-state index in [0.717, 1.165) is 5.56 Å². The summed E-state index contributed by atoms with van der Waals surface area (Å²) in [5.41, 5.74) is 1.24. The molecule has 15 heavy (non-hydrogen) atoms. The highest BCUT2D eigenvalue weighted by atomic mass is 35.7. The lowest BCUT2D eigenvalue weighted by Gasteiger charge is -2.11. The van der Waals surface area contributed by atoms with Crippen LogP contribution in [0.2, 0.25) is 0 Å². The highest BCUT2D eigenvalue weighted by molar-refractivity contribution is 8.13. The summed E-state index contributed by atoms with van der Waals surface area (Å²) in [6.07, 6.45) is 0. The van der Waals surface area contributed by atoms with E-state index >= 15 is 0 Å². The molecular weight excluding hydrogens is 239 g/mol. The third kappa shape index (κ3) is 3.80. The van der Waals surface area contributed by atoms with Crippen LogP contribution in [0.15, 0.2) is 18.2 Å². The van der Waals surface area contributed by atoms with Crippen LogP contribution in [0.4, 0.5) is 4.39 Å². The molecule has 1 aromatic carbocycles. The zero-order valence-corrected chi connectivity index (χ0v) is 10.1. The van der Waals surface area contributed by atoms with Crippen molar-refractivity contribution in [1.29, 1.82) is 0 Å². The highest BCUT2D eigenvalue weighted by Crippen LogP contribution is 2.23. The van der Waals surface area contributed by atoms with Crippen molar-refractivity contribution in [2.45, 2.75) is 25.5 Å². The van der Waals surface area contributed by atoms with Gasteiger partial charge in [0, 0.05) is 10.7 Å². The van der Waals surface area contributed by atoms with Crippen LogP contribution in [0, 0.1) is 5.82 Å². The molecular formula is C10H12ClFO2S. The van der Waals surface area contributed by atoms with Crippen LogP contribution in [-0.2, 0) is 14.8 Å². The van der Waals surface area contributed by atoms with Crippen molar-refractivity contribution in [2.24, 2.45) is 0 Å². The molecule has 0 amide bonds. The molecule has 0 radical (unpaired) electrons. The molecule has 0 bridgehead atoms. The monoisotopic (exact) mass is 250 g/mol.